The van der Waals surface area contributed by atoms with E-state index >= 15 is 0 Å². The molecule has 0 bridgehead atoms. The van der Waals surface area contributed by atoms with Crippen molar-refractivity contribution < 1.29 is 4.74 Å². The van der Waals surface area contributed by atoms with E-state index in [0.29, 0.717) is 0 Å². The number of hydrogen-bond acceptors (Lipinski definition) is 2. The zero-order valence-electron chi connectivity index (χ0n) is 10.8. The molecule has 94 valence electrons. The first-order valence-corrected chi connectivity index (χ1v) is 6.32. The number of aromatic nitrogens is 1. The van der Waals surface area contributed by atoms with Crippen LogP contribution in [-0.2, 0) is 6.42 Å². The first-order chi connectivity index (χ1) is 9.35. The van der Waals surface area contributed by atoms with Crippen LogP contribution in [-0.4, -0.2) is 12.1 Å². The molecule has 0 spiro atoms. The van der Waals surface area contributed by atoms with Crippen molar-refractivity contribution in [1.29, 1.82) is 0 Å². The van der Waals surface area contributed by atoms with Crippen LogP contribution in [0.1, 0.15) is 11.1 Å². The summed E-state index contributed by atoms with van der Waals surface area (Å²) in [5, 5.41) is 1.19. The molecule has 0 fully saturated rings. The van der Waals surface area contributed by atoms with Crippen molar-refractivity contribution in [2.24, 2.45) is 0 Å². The Morgan fingerprint density at radius 3 is 2.53 bits per heavy atom. The van der Waals surface area contributed by atoms with Gasteiger partial charge >= 0.3 is 0 Å². The summed E-state index contributed by atoms with van der Waals surface area (Å²) in [6.07, 6.45) is 2.84. The minimum atomic E-state index is 0.889. The highest BCUT2D eigenvalue weighted by atomic mass is 16.5. The third-order valence-electron chi connectivity index (χ3n) is 3.21. The lowest BCUT2D eigenvalue weighted by atomic mass is 10.0. The van der Waals surface area contributed by atoms with Crippen molar-refractivity contribution in [2.75, 3.05) is 7.11 Å². The monoisotopic (exact) mass is 249 g/mol. The molecule has 0 radical (unpaired) electrons. The van der Waals surface area contributed by atoms with Crippen LogP contribution in [0.3, 0.4) is 0 Å². The van der Waals surface area contributed by atoms with E-state index < -0.39 is 0 Å². The Kier molecular flexibility index (Phi) is 3.15. The number of ether oxygens (including phenoxy) is 1. The number of benzene rings is 2. The van der Waals surface area contributed by atoms with Gasteiger partial charge in [0.25, 0.3) is 0 Å². The van der Waals surface area contributed by atoms with E-state index in [9.17, 15) is 0 Å². The van der Waals surface area contributed by atoms with Gasteiger partial charge in [0.1, 0.15) is 5.75 Å². The standard InChI is InChI=1S/C17H15NO/c1-19-16-8-6-13(7-9-16)10-14-11-15-4-2-3-5-17(15)18-12-14/h2-9,11-12H,10H2,1H3. The normalized spacial score (nSPS) is 10.6. The second kappa shape index (κ2) is 5.11. The minimum absolute atomic E-state index is 0.889. The number of pyridine rings is 1. The van der Waals surface area contributed by atoms with Crippen LogP contribution < -0.4 is 4.74 Å². The van der Waals surface area contributed by atoms with Crippen molar-refractivity contribution in [2.45, 2.75) is 6.42 Å². The Balaban J connectivity index is 1.87. The number of methoxy groups -OCH3 is 1. The summed E-state index contributed by atoms with van der Waals surface area (Å²) in [7, 11) is 1.68. The zero-order chi connectivity index (χ0) is 13.1. The number of hydrogen-bond donors (Lipinski definition) is 0. The quantitative estimate of drug-likeness (QED) is 0.703. The molecule has 0 unspecified atom stereocenters. The maximum atomic E-state index is 5.16. The first kappa shape index (κ1) is 11.7. The lowest BCUT2D eigenvalue weighted by Crippen LogP contribution is -1.90. The summed E-state index contributed by atoms with van der Waals surface area (Å²) >= 11 is 0. The Morgan fingerprint density at radius 2 is 1.74 bits per heavy atom. The van der Waals surface area contributed by atoms with Crippen molar-refractivity contribution in [3.8, 4) is 5.75 Å². The topological polar surface area (TPSA) is 22.1 Å². The summed E-state index contributed by atoms with van der Waals surface area (Å²) in [6, 6.07) is 18.5. The van der Waals surface area contributed by atoms with Crippen LogP contribution in [0.15, 0.2) is 60.8 Å². The highest BCUT2D eigenvalue weighted by Crippen LogP contribution is 2.17. The number of rotatable bonds is 3. The fraction of sp³-hybridized carbons (Fsp3) is 0.118. The maximum absolute atomic E-state index is 5.16. The SMILES string of the molecule is COc1ccc(Cc2cnc3ccccc3c2)cc1. The van der Waals surface area contributed by atoms with Gasteiger partial charge < -0.3 is 4.74 Å². The molecule has 2 aromatic carbocycles. The van der Waals surface area contributed by atoms with E-state index in [0.717, 1.165) is 17.7 Å². The average Bonchev–Trinajstić information content (AvgIpc) is 2.48. The number of nitrogens with zero attached hydrogens (tertiary/aromatic N) is 1. The highest BCUT2D eigenvalue weighted by molar-refractivity contribution is 5.78. The summed E-state index contributed by atoms with van der Waals surface area (Å²) in [5.41, 5.74) is 3.53. The van der Waals surface area contributed by atoms with Crippen LogP contribution in [0.4, 0.5) is 0 Å². The predicted molar refractivity (Wildman–Crippen MR) is 77.5 cm³/mol. The molecule has 0 aliphatic heterocycles. The molecular weight excluding hydrogens is 234 g/mol. The Labute approximate surface area is 112 Å². The maximum Gasteiger partial charge on any atom is 0.118 e. The first-order valence-electron chi connectivity index (χ1n) is 6.32. The van der Waals surface area contributed by atoms with Crippen LogP contribution in [0.5, 0.6) is 5.75 Å². The predicted octanol–water partition coefficient (Wildman–Crippen LogP) is 3.83. The van der Waals surface area contributed by atoms with Crippen LogP contribution in [0, 0.1) is 0 Å². The van der Waals surface area contributed by atoms with Crippen molar-refractivity contribution >= 4 is 10.9 Å². The molecule has 0 N–H and O–H groups in total. The fourth-order valence-corrected chi connectivity index (χ4v) is 2.19. The van der Waals surface area contributed by atoms with Gasteiger partial charge in [0.2, 0.25) is 0 Å². The summed E-state index contributed by atoms with van der Waals surface area (Å²) in [6.45, 7) is 0. The molecule has 1 aromatic heterocycles. The fourth-order valence-electron chi connectivity index (χ4n) is 2.19. The summed E-state index contributed by atoms with van der Waals surface area (Å²) in [4.78, 5) is 4.49. The molecule has 0 atom stereocenters. The Bertz CT molecular complexity index is 689. The van der Waals surface area contributed by atoms with E-state index in [1.165, 1.54) is 16.5 Å². The Hall–Kier alpha value is -2.35. The molecule has 1 heterocycles. The van der Waals surface area contributed by atoms with Gasteiger partial charge in [-0.3, -0.25) is 4.98 Å². The van der Waals surface area contributed by atoms with Crippen molar-refractivity contribution in [1.82, 2.24) is 4.98 Å². The number of fused-ring (bicyclic) bond motifs is 1. The third-order valence-corrected chi connectivity index (χ3v) is 3.21. The van der Waals surface area contributed by atoms with E-state index in [1.54, 1.807) is 7.11 Å². The zero-order valence-corrected chi connectivity index (χ0v) is 10.8. The molecule has 0 saturated heterocycles. The lowest BCUT2D eigenvalue weighted by Gasteiger charge is -2.05. The smallest absolute Gasteiger partial charge is 0.118 e. The van der Waals surface area contributed by atoms with E-state index in [1.807, 2.05) is 36.5 Å². The molecule has 3 aromatic rings. The van der Waals surface area contributed by atoms with Crippen molar-refractivity contribution in [3.05, 3.63) is 71.9 Å². The average molecular weight is 249 g/mol. The molecule has 0 aliphatic carbocycles. The molecule has 2 nitrogen and oxygen atoms in total. The van der Waals surface area contributed by atoms with E-state index in [2.05, 4.69) is 29.2 Å². The molecule has 0 saturated carbocycles. The van der Waals surface area contributed by atoms with E-state index in [-0.39, 0.29) is 0 Å². The second-order valence-corrected chi connectivity index (χ2v) is 4.56. The van der Waals surface area contributed by atoms with Gasteiger partial charge in [-0.25, -0.2) is 0 Å². The molecular formula is C17H15NO. The van der Waals surface area contributed by atoms with Gasteiger partial charge in [-0.15, -0.1) is 0 Å². The molecule has 2 heteroatoms. The Morgan fingerprint density at radius 1 is 0.947 bits per heavy atom. The highest BCUT2D eigenvalue weighted by Gasteiger charge is 2.00. The summed E-state index contributed by atoms with van der Waals surface area (Å²) < 4.78 is 5.16. The summed E-state index contributed by atoms with van der Waals surface area (Å²) in [5.74, 6) is 0.889. The van der Waals surface area contributed by atoms with Gasteiger partial charge in [-0.1, -0.05) is 30.3 Å². The second-order valence-electron chi connectivity index (χ2n) is 4.56. The van der Waals surface area contributed by atoms with Gasteiger partial charge in [0.05, 0.1) is 12.6 Å². The lowest BCUT2D eigenvalue weighted by molar-refractivity contribution is 0.414. The van der Waals surface area contributed by atoms with Gasteiger partial charge in [-0.05, 0) is 41.8 Å². The van der Waals surface area contributed by atoms with Crippen LogP contribution in [0.25, 0.3) is 10.9 Å². The van der Waals surface area contributed by atoms with Crippen LogP contribution in [0.2, 0.25) is 0 Å². The molecule has 0 aliphatic rings. The van der Waals surface area contributed by atoms with E-state index in [4.69, 9.17) is 4.74 Å². The van der Waals surface area contributed by atoms with Gasteiger partial charge in [0, 0.05) is 11.6 Å². The number of para-hydroxylation sites is 1. The van der Waals surface area contributed by atoms with Gasteiger partial charge in [0.15, 0.2) is 0 Å². The molecule has 19 heavy (non-hydrogen) atoms. The molecule has 0 amide bonds. The van der Waals surface area contributed by atoms with Crippen molar-refractivity contribution in [3.63, 3.8) is 0 Å². The third kappa shape index (κ3) is 2.58. The minimum Gasteiger partial charge on any atom is -0.497 e. The van der Waals surface area contributed by atoms with Gasteiger partial charge in [-0.2, -0.15) is 0 Å². The van der Waals surface area contributed by atoms with Crippen LogP contribution >= 0.6 is 0 Å². The largest absolute Gasteiger partial charge is 0.497 e. The molecule has 3 rings (SSSR count).